The van der Waals surface area contributed by atoms with Crippen molar-refractivity contribution in [1.82, 2.24) is 30.0 Å². The fourth-order valence-electron chi connectivity index (χ4n) is 3.57. The van der Waals surface area contributed by atoms with E-state index in [0.717, 1.165) is 51.2 Å². The minimum Gasteiger partial charge on any atom is -0.357 e. The lowest BCUT2D eigenvalue weighted by molar-refractivity contribution is 0.370. The molecule has 0 saturated carbocycles. The van der Waals surface area contributed by atoms with Crippen LogP contribution in [0.15, 0.2) is 66.2 Å². The number of nitrogens with one attached hydrogen (secondary N) is 1. The van der Waals surface area contributed by atoms with E-state index < -0.39 is 0 Å². The second-order valence-electron chi connectivity index (χ2n) is 7.22. The number of hydrogen-bond acceptors (Lipinski definition) is 5. The first-order valence-electron chi connectivity index (χ1n) is 10.4. The molecular formula is C22H29IN8. The first kappa shape index (κ1) is 23.0. The van der Waals surface area contributed by atoms with Crippen LogP contribution in [0.2, 0.25) is 0 Å². The average Bonchev–Trinajstić information content (AvgIpc) is 3.31. The van der Waals surface area contributed by atoms with Gasteiger partial charge in [0.15, 0.2) is 5.96 Å². The molecule has 1 aliphatic heterocycles. The summed E-state index contributed by atoms with van der Waals surface area (Å²) in [6.45, 7) is 7.92. The van der Waals surface area contributed by atoms with Crippen molar-refractivity contribution in [2.24, 2.45) is 4.99 Å². The van der Waals surface area contributed by atoms with Crippen LogP contribution < -0.4 is 10.2 Å². The van der Waals surface area contributed by atoms with Gasteiger partial charge in [0.2, 0.25) is 5.95 Å². The summed E-state index contributed by atoms with van der Waals surface area (Å²) in [4.78, 5) is 18.2. The number of anilines is 1. The average molecular weight is 532 g/mol. The van der Waals surface area contributed by atoms with Crippen molar-refractivity contribution < 1.29 is 0 Å². The number of aromatic nitrogens is 4. The highest BCUT2D eigenvalue weighted by Gasteiger charge is 2.21. The summed E-state index contributed by atoms with van der Waals surface area (Å²) < 4.78 is 1.93. The van der Waals surface area contributed by atoms with Crippen molar-refractivity contribution in [1.29, 1.82) is 0 Å². The number of piperazine rings is 1. The molecule has 2 aromatic heterocycles. The number of rotatable bonds is 6. The van der Waals surface area contributed by atoms with Crippen molar-refractivity contribution >= 4 is 35.9 Å². The van der Waals surface area contributed by atoms with Gasteiger partial charge in [0.1, 0.15) is 0 Å². The molecule has 3 heterocycles. The van der Waals surface area contributed by atoms with Gasteiger partial charge in [-0.3, -0.25) is 4.68 Å². The Morgan fingerprint density at radius 1 is 1.00 bits per heavy atom. The van der Waals surface area contributed by atoms with E-state index in [9.17, 15) is 0 Å². The maximum absolute atomic E-state index is 4.90. The maximum Gasteiger partial charge on any atom is 0.225 e. The summed E-state index contributed by atoms with van der Waals surface area (Å²) in [6, 6.07) is 12.4. The van der Waals surface area contributed by atoms with Crippen LogP contribution in [0.25, 0.3) is 0 Å². The summed E-state index contributed by atoms with van der Waals surface area (Å²) in [7, 11) is 0. The molecule has 9 heteroatoms. The molecule has 1 aliphatic rings. The number of benzene rings is 1. The molecule has 164 valence electrons. The van der Waals surface area contributed by atoms with E-state index >= 15 is 0 Å². The lowest BCUT2D eigenvalue weighted by atomic mass is 10.1. The first-order chi connectivity index (χ1) is 14.8. The fraction of sp³-hybridized carbons (Fsp3) is 0.364. The summed E-state index contributed by atoms with van der Waals surface area (Å²) in [6.07, 6.45) is 7.37. The molecule has 1 saturated heterocycles. The van der Waals surface area contributed by atoms with Crippen LogP contribution in [-0.4, -0.2) is 63.3 Å². The molecule has 0 aliphatic carbocycles. The van der Waals surface area contributed by atoms with Crippen LogP contribution in [0.1, 0.15) is 18.1 Å². The quantitative estimate of drug-likeness (QED) is 0.299. The standard InChI is InChI=1S/C22H28N8.HI/c1-2-23-21(28-12-14-29(15-13-28)22-24-8-4-9-25-22)26-17-19-6-3-7-20(16-19)18-30-11-5-10-27-30;/h3-11,16H,2,12-15,17-18H2,1H3,(H,23,26);1H. The molecule has 0 spiro atoms. The monoisotopic (exact) mass is 532 g/mol. The summed E-state index contributed by atoms with van der Waals surface area (Å²) in [5, 5.41) is 7.73. The van der Waals surface area contributed by atoms with Gasteiger partial charge in [0.05, 0.1) is 13.1 Å². The summed E-state index contributed by atoms with van der Waals surface area (Å²) in [5.74, 6) is 1.76. The van der Waals surface area contributed by atoms with E-state index in [2.05, 4.69) is 61.4 Å². The van der Waals surface area contributed by atoms with Crippen LogP contribution in [0.5, 0.6) is 0 Å². The van der Waals surface area contributed by atoms with Crippen molar-refractivity contribution in [3.8, 4) is 0 Å². The third kappa shape index (κ3) is 6.39. The van der Waals surface area contributed by atoms with Gasteiger partial charge >= 0.3 is 0 Å². The molecule has 4 rings (SSSR count). The van der Waals surface area contributed by atoms with Gasteiger partial charge in [0.25, 0.3) is 0 Å². The molecule has 8 nitrogen and oxygen atoms in total. The van der Waals surface area contributed by atoms with Gasteiger partial charge in [-0.25, -0.2) is 15.0 Å². The third-order valence-electron chi connectivity index (χ3n) is 5.06. The topological polar surface area (TPSA) is 74.5 Å². The molecule has 31 heavy (non-hydrogen) atoms. The second kappa shape index (κ2) is 11.6. The Balaban J connectivity index is 0.00000272. The van der Waals surface area contributed by atoms with Gasteiger partial charge in [-0.2, -0.15) is 5.10 Å². The van der Waals surface area contributed by atoms with E-state index in [4.69, 9.17) is 4.99 Å². The van der Waals surface area contributed by atoms with Crippen LogP contribution in [-0.2, 0) is 13.1 Å². The molecule has 0 bridgehead atoms. The normalized spacial score (nSPS) is 14.3. The SMILES string of the molecule is CCNC(=NCc1cccc(Cn2cccn2)c1)N1CCN(c2ncccn2)CC1.I. The Morgan fingerprint density at radius 2 is 1.77 bits per heavy atom. The highest BCUT2D eigenvalue weighted by Crippen LogP contribution is 2.11. The lowest BCUT2D eigenvalue weighted by Gasteiger charge is -2.36. The minimum absolute atomic E-state index is 0. The van der Waals surface area contributed by atoms with Crippen molar-refractivity contribution in [3.63, 3.8) is 0 Å². The number of nitrogens with zero attached hydrogens (tertiary/aromatic N) is 7. The first-order valence-corrected chi connectivity index (χ1v) is 10.4. The van der Waals surface area contributed by atoms with Gasteiger partial charge in [-0.05, 0) is 30.2 Å². The van der Waals surface area contributed by atoms with Crippen LogP contribution >= 0.6 is 24.0 Å². The molecule has 0 radical (unpaired) electrons. The Morgan fingerprint density at radius 3 is 2.48 bits per heavy atom. The summed E-state index contributed by atoms with van der Waals surface area (Å²) >= 11 is 0. The maximum atomic E-state index is 4.90. The molecule has 0 unspecified atom stereocenters. The predicted molar refractivity (Wildman–Crippen MR) is 134 cm³/mol. The molecule has 1 N–H and O–H groups in total. The molecule has 0 amide bonds. The second-order valence-corrected chi connectivity index (χ2v) is 7.22. The molecule has 3 aromatic rings. The zero-order valence-corrected chi connectivity index (χ0v) is 20.1. The van der Waals surface area contributed by atoms with E-state index in [-0.39, 0.29) is 24.0 Å². The number of halogens is 1. The smallest absolute Gasteiger partial charge is 0.225 e. The number of guanidine groups is 1. The molecule has 1 fully saturated rings. The van der Waals surface area contributed by atoms with Gasteiger partial charge in [-0.15, -0.1) is 24.0 Å². The number of hydrogen-bond donors (Lipinski definition) is 1. The Bertz CT molecular complexity index is 937. The third-order valence-corrected chi connectivity index (χ3v) is 5.06. The van der Waals surface area contributed by atoms with Gasteiger partial charge in [-0.1, -0.05) is 24.3 Å². The Hall–Kier alpha value is -2.69. The fourth-order valence-corrected chi connectivity index (χ4v) is 3.57. The Kier molecular flexibility index (Phi) is 8.63. The number of aliphatic imine (C=N–C) groups is 1. The van der Waals surface area contributed by atoms with E-state index in [0.29, 0.717) is 6.54 Å². The largest absolute Gasteiger partial charge is 0.357 e. The zero-order valence-electron chi connectivity index (χ0n) is 17.8. The van der Waals surface area contributed by atoms with E-state index in [1.54, 1.807) is 18.6 Å². The van der Waals surface area contributed by atoms with Crippen molar-refractivity contribution in [2.45, 2.75) is 20.0 Å². The Labute approximate surface area is 200 Å². The molecule has 0 atom stereocenters. The van der Waals surface area contributed by atoms with Gasteiger partial charge in [0, 0.05) is 57.5 Å². The molecule has 1 aromatic carbocycles. The van der Waals surface area contributed by atoms with Crippen molar-refractivity contribution in [2.75, 3.05) is 37.6 Å². The highest BCUT2D eigenvalue weighted by molar-refractivity contribution is 14.0. The van der Waals surface area contributed by atoms with Crippen LogP contribution in [0, 0.1) is 0 Å². The highest BCUT2D eigenvalue weighted by atomic mass is 127. The zero-order chi connectivity index (χ0) is 20.6. The van der Waals surface area contributed by atoms with Crippen LogP contribution in [0.4, 0.5) is 5.95 Å². The van der Waals surface area contributed by atoms with Crippen LogP contribution in [0.3, 0.4) is 0 Å². The van der Waals surface area contributed by atoms with Gasteiger partial charge < -0.3 is 15.1 Å². The molecular weight excluding hydrogens is 503 g/mol. The minimum atomic E-state index is 0. The predicted octanol–water partition coefficient (Wildman–Crippen LogP) is 2.63. The summed E-state index contributed by atoms with van der Waals surface area (Å²) in [5.41, 5.74) is 2.43. The lowest BCUT2D eigenvalue weighted by Crippen LogP contribution is -2.52. The van der Waals surface area contributed by atoms with Crippen molar-refractivity contribution in [3.05, 3.63) is 72.3 Å². The van der Waals surface area contributed by atoms with E-state index in [1.165, 1.54) is 11.1 Å². The van der Waals surface area contributed by atoms with E-state index in [1.807, 2.05) is 23.0 Å².